The van der Waals surface area contributed by atoms with Crippen LogP contribution < -0.4 is 10.5 Å². The fourth-order valence-electron chi connectivity index (χ4n) is 1.40. The van der Waals surface area contributed by atoms with Gasteiger partial charge in [0.05, 0.1) is 0 Å². The first-order valence-electron chi connectivity index (χ1n) is 5.25. The Morgan fingerprint density at radius 2 is 1.53 bits per heavy atom. The number of rotatable bonds is 4. The standard InChI is InChI=1S/C11H11F6NO/c12-10(13,14)6-5-9(18)7-1-3-8(4-2-7)19-11(15,16)17/h1-4,9H,5-6,18H2/t9-/m0/s1. The minimum absolute atomic E-state index is 0.318. The lowest BCUT2D eigenvalue weighted by molar-refractivity contribution is -0.274. The lowest BCUT2D eigenvalue weighted by Crippen LogP contribution is -2.18. The maximum Gasteiger partial charge on any atom is 0.573 e. The number of hydrogen-bond acceptors (Lipinski definition) is 2. The average molecular weight is 287 g/mol. The number of hydrogen-bond donors (Lipinski definition) is 1. The van der Waals surface area contributed by atoms with Crippen LogP contribution in [0.3, 0.4) is 0 Å². The van der Waals surface area contributed by atoms with E-state index in [2.05, 4.69) is 4.74 Å². The molecule has 0 aromatic heterocycles. The predicted octanol–water partition coefficient (Wildman–Crippen LogP) is 3.93. The third-order valence-corrected chi connectivity index (χ3v) is 2.28. The molecule has 0 amide bonds. The van der Waals surface area contributed by atoms with Gasteiger partial charge in [-0.1, -0.05) is 12.1 Å². The lowest BCUT2D eigenvalue weighted by Gasteiger charge is -2.14. The Balaban J connectivity index is 2.60. The molecular weight excluding hydrogens is 276 g/mol. The monoisotopic (exact) mass is 287 g/mol. The molecule has 0 spiro atoms. The molecule has 1 rings (SSSR count). The zero-order chi connectivity index (χ0) is 14.7. The second-order valence-electron chi connectivity index (χ2n) is 3.88. The van der Waals surface area contributed by atoms with E-state index in [9.17, 15) is 26.3 Å². The summed E-state index contributed by atoms with van der Waals surface area (Å²) in [4.78, 5) is 0. The molecule has 108 valence electrons. The first-order valence-corrected chi connectivity index (χ1v) is 5.25. The highest BCUT2D eigenvalue weighted by atomic mass is 19.4. The summed E-state index contributed by atoms with van der Waals surface area (Å²) in [6, 6.07) is 3.55. The molecule has 0 bridgehead atoms. The van der Waals surface area contributed by atoms with Crippen molar-refractivity contribution in [1.29, 1.82) is 0 Å². The van der Waals surface area contributed by atoms with Crippen LogP contribution in [0, 0.1) is 0 Å². The fraction of sp³-hybridized carbons (Fsp3) is 0.455. The van der Waals surface area contributed by atoms with E-state index in [4.69, 9.17) is 5.73 Å². The van der Waals surface area contributed by atoms with E-state index in [1.807, 2.05) is 0 Å². The second kappa shape index (κ2) is 5.68. The van der Waals surface area contributed by atoms with Crippen molar-refractivity contribution in [1.82, 2.24) is 0 Å². The number of halogens is 6. The van der Waals surface area contributed by atoms with E-state index in [1.165, 1.54) is 12.1 Å². The molecule has 0 unspecified atom stereocenters. The SMILES string of the molecule is N[C@@H](CCC(F)(F)F)c1ccc(OC(F)(F)F)cc1. The molecule has 0 aliphatic rings. The highest BCUT2D eigenvalue weighted by molar-refractivity contribution is 5.29. The van der Waals surface area contributed by atoms with Crippen molar-refractivity contribution in [3.8, 4) is 5.75 Å². The molecule has 19 heavy (non-hydrogen) atoms. The van der Waals surface area contributed by atoms with Crippen LogP contribution in [-0.4, -0.2) is 12.5 Å². The third-order valence-electron chi connectivity index (χ3n) is 2.28. The van der Waals surface area contributed by atoms with Crippen molar-refractivity contribution in [2.24, 2.45) is 5.73 Å². The molecule has 1 atom stereocenters. The second-order valence-corrected chi connectivity index (χ2v) is 3.88. The van der Waals surface area contributed by atoms with Gasteiger partial charge in [-0.05, 0) is 24.1 Å². The summed E-state index contributed by atoms with van der Waals surface area (Å²) >= 11 is 0. The van der Waals surface area contributed by atoms with Crippen molar-refractivity contribution < 1.29 is 31.1 Å². The highest BCUT2D eigenvalue weighted by Gasteiger charge is 2.31. The molecule has 1 aromatic rings. The van der Waals surface area contributed by atoms with Gasteiger partial charge >= 0.3 is 12.5 Å². The zero-order valence-electron chi connectivity index (χ0n) is 9.55. The van der Waals surface area contributed by atoms with Crippen LogP contribution >= 0.6 is 0 Å². The third kappa shape index (κ3) is 6.32. The zero-order valence-corrected chi connectivity index (χ0v) is 9.55. The normalized spacial score (nSPS) is 14.3. The van der Waals surface area contributed by atoms with Gasteiger partial charge in [0.2, 0.25) is 0 Å². The van der Waals surface area contributed by atoms with E-state index >= 15 is 0 Å². The Morgan fingerprint density at radius 1 is 1.00 bits per heavy atom. The molecule has 8 heteroatoms. The van der Waals surface area contributed by atoms with Gasteiger partial charge in [0.25, 0.3) is 0 Å². The molecule has 2 N–H and O–H groups in total. The molecule has 0 aliphatic carbocycles. The summed E-state index contributed by atoms with van der Waals surface area (Å²) in [7, 11) is 0. The summed E-state index contributed by atoms with van der Waals surface area (Å²) in [5, 5.41) is 0. The van der Waals surface area contributed by atoms with Crippen molar-refractivity contribution in [2.75, 3.05) is 0 Å². The topological polar surface area (TPSA) is 35.2 Å². The Labute approximate surface area is 105 Å². The quantitative estimate of drug-likeness (QED) is 0.852. The van der Waals surface area contributed by atoms with Crippen LogP contribution in [0.4, 0.5) is 26.3 Å². The average Bonchev–Trinajstić information content (AvgIpc) is 2.23. The first-order chi connectivity index (χ1) is 8.57. The van der Waals surface area contributed by atoms with Crippen LogP contribution in [-0.2, 0) is 0 Å². The Kier molecular flexibility index (Phi) is 4.67. The van der Waals surface area contributed by atoms with Gasteiger partial charge < -0.3 is 10.5 Å². The Hall–Kier alpha value is -1.44. The number of benzene rings is 1. The molecule has 0 radical (unpaired) electrons. The van der Waals surface area contributed by atoms with E-state index in [-0.39, 0.29) is 6.42 Å². The summed E-state index contributed by atoms with van der Waals surface area (Å²) in [6.45, 7) is 0. The molecule has 0 heterocycles. The largest absolute Gasteiger partial charge is 0.573 e. The first kappa shape index (κ1) is 15.6. The summed E-state index contributed by atoms with van der Waals surface area (Å²) < 4.78 is 75.2. The van der Waals surface area contributed by atoms with Crippen LogP contribution in [0.2, 0.25) is 0 Å². The van der Waals surface area contributed by atoms with E-state index in [1.54, 1.807) is 0 Å². The maximum absolute atomic E-state index is 12.0. The molecule has 0 aliphatic heterocycles. The maximum atomic E-state index is 12.0. The summed E-state index contributed by atoms with van der Waals surface area (Å²) in [5.41, 5.74) is 5.83. The smallest absolute Gasteiger partial charge is 0.406 e. The van der Waals surface area contributed by atoms with Gasteiger partial charge in [0.15, 0.2) is 0 Å². The molecule has 0 fully saturated rings. The van der Waals surface area contributed by atoms with Crippen molar-refractivity contribution >= 4 is 0 Å². The molecule has 0 saturated heterocycles. The van der Waals surface area contributed by atoms with E-state index in [0.717, 1.165) is 12.1 Å². The predicted molar refractivity (Wildman–Crippen MR) is 55.3 cm³/mol. The van der Waals surface area contributed by atoms with Crippen LogP contribution in [0.15, 0.2) is 24.3 Å². The molecule has 2 nitrogen and oxygen atoms in total. The van der Waals surface area contributed by atoms with Crippen LogP contribution in [0.1, 0.15) is 24.4 Å². The fourth-order valence-corrected chi connectivity index (χ4v) is 1.40. The Bertz CT molecular complexity index is 397. The number of alkyl halides is 6. The van der Waals surface area contributed by atoms with Crippen molar-refractivity contribution in [3.05, 3.63) is 29.8 Å². The van der Waals surface area contributed by atoms with Crippen LogP contribution in [0.5, 0.6) is 5.75 Å². The number of ether oxygens (including phenoxy) is 1. The van der Waals surface area contributed by atoms with E-state index in [0.29, 0.717) is 5.56 Å². The summed E-state index contributed by atoms with van der Waals surface area (Å²) in [5.74, 6) is -0.445. The molecule has 0 saturated carbocycles. The summed E-state index contributed by atoms with van der Waals surface area (Å²) in [6.07, 6.45) is -10.5. The van der Waals surface area contributed by atoms with Crippen molar-refractivity contribution in [3.63, 3.8) is 0 Å². The van der Waals surface area contributed by atoms with Gasteiger partial charge in [-0.2, -0.15) is 13.2 Å². The lowest BCUT2D eigenvalue weighted by atomic mass is 10.0. The van der Waals surface area contributed by atoms with Gasteiger partial charge in [-0.3, -0.25) is 0 Å². The Morgan fingerprint density at radius 3 is 1.95 bits per heavy atom. The van der Waals surface area contributed by atoms with Crippen LogP contribution in [0.25, 0.3) is 0 Å². The van der Waals surface area contributed by atoms with E-state index < -0.39 is 30.8 Å². The minimum atomic E-state index is -4.81. The van der Waals surface area contributed by atoms with Gasteiger partial charge in [0.1, 0.15) is 5.75 Å². The highest BCUT2D eigenvalue weighted by Crippen LogP contribution is 2.28. The minimum Gasteiger partial charge on any atom is -0.406 e. The number of nitrogens with two attached hydrogens (primary N) is 1. The van der Waals surface area contributed by atoms with Gasteiger partial charge in [-0.25, -0.2) is 0 Å². The molecular formula is C11H11F6NO. The van der Waals surface area contributed by atoms with Gasteiger partial charge in [0, 0.05) is 12.5 Å². The molecule has 1 aromatic carbocycles. The van der Waals surface area contributed by atoms with Gasteiger partial charge in [-0.15, -0.1) is 13.2 Å². The van der Waals surface area contributed by atoms with Crippen molar-refractivity contribution in [2.45, 2.75) is 31.4 Å².